The zero-order valence-corrected chi connectivity index (χ0v) is 9.88. The van der Waals surface area contributed by atoms with Crippen molar-refractivity contribution in [3.05, 3.63) is 41.5 Å². The third-order valence-corrected chi connectivity index (χ3v) is 2.37. The molecule has 2 rings (SSSR count). The van der Waals surface area contributed by atoms with Crippen molar-refractivity contribution in [2.24, 2.45) is 5.73 Å². The number of hydrogen-bond donors (Lipinski definition) is 1. The van der Waals surface area contributed by atoms with E-state index in [4.69, 9.17) is 15.0 Å². The molecule has 5 heteroatoms. The fraction of sp³-hybridized carbons (Fsp3) is 0.333. The minimum Gasteiger partial charge on any atom is -0.497 e. The molecule has 0 amide bonds. The maximum atomic E-state index is 5.65. The summed E-state index contributed by atoms with van der Waals surface area (Å²) in [5.74, 6) is 1.91. The molecule has 0 aliphatic heterocycles. The zero-order valence-electron chi connectivity index (χ0n) is 9.88. The molecule has 1 aromatic heterocycles. The van der Waals surface area contributed by atoms with Crippen molar-refractivity contribution in [1.82, 2.24) is 10.1 Å². The van der Waals surface area contributed by atoms with Crippen LogP contribution in [0.15, 0.2) is 28.8 Å². The summed E-state index contributed by atoms with van der Waals surface area (Å²) in [4.78, 5) is 4.22. The van der Waals surface area contributed by atoms with Crippen molar-refractivity contribution in [3.63, 3.8) is 0 Å². The number of rotatable bonds is 4. The van der Waals surface area contributed by atoms with Gasteiger partial charge in [-0.05, 0) is 24.6 Å². The lowest BCUT2D eigenvalue weighted by molar-refractivity contribution is 0.357. The summed E-state index contributed by atoms with van der Waals surface area (Å²) >= 11 is 0. The van der Waals surface area contributed by atoms with Crippen LogP contribution in [0, 0.1) is 0 Å². The van der Waals surface area contributed by atoms with Crippen LogP contribution in [-0.2, 0) is 6.42 Å². The molecule has 2 N–H and O–H groups in total. The van der Waals surface area contributed by atoms with Crippen LogP contribution in [0.3, 0.4) is 0 Å². The van der Waals surface area contributed by atoms with Gasteiger partial charge in [0.25, 0.3) is 0 Å². The number of aromatic nitrogens is 2. The first-order chi connectivity index (χ1) is 8.19. The maximum Gasteiger partial charge on any atom is 0.243 e. The molecular weight excluding hydrogens is 218 g/mol. The number of nitrogens with two attached hydrogens (primary N) is 1. The van der Waals surface area contributed by atoms with E-state index in [-0.39, 0.29) is 6.04 Å². The summed E-state index contributed by atoms with van der Waals surface area (Å²) in [6.45, 7) is 1.81. The Balaban J connectivity index is 2.13. The minimum atomic E-state index is -0.235. The summed E-state index contributed by atoms with van der Waals surface area (Å²) in [5, 5.41) is 3.88. The fourth-order valence-electron chi connectivity index (χ4n) is 1.49. The summed E-state index contributed by atoms with van der Waals surface area (Å²) in [7, 11) is 1.64. The number of methoxy groups -OCH3 is 1. The Kier molecular flexibility index (Phi) is 3.39. The van der Waals surface area contributed by atoms with Crippen LogP contribution in [0.2, 0.25) is 0 Å². The van der Waals surface area contributed by atoms with Gasteiger partial charge in [-0.15, -0.1) is 0 Å². The molecule has 0 spiro atoms. The molecule has 0 aliphatic carbocycles. The van der Waals surface area contributed by atoms with Gasteiger partial charge < -0.3 is 15.0 Å². The predicted octanol–water partition coefficient (Wildman–Crippen LogP) is 1.69. The lowest BCUT2D eigenvalue weighted by atomic mass is 10.1. The molecule has 0 radical (unpaired) electrons. The number of nitrogens with zero attached hydrogens (tertiary/aromatic N) is 2. The van der Waals surface area contributed by atoms with Crippen molar-refractivity contribution < 1.29 is 9.26 Å². The van der Waals surface area contributed by atoms with E-state index in [9.17, 15) is 0 Å². The standard InChI is InChI=1S/C12H15N3O2/c1-8(13)12-14-11(15-17-12)7-9-4-3-5-10(6-9)16-2/h3-6,8H,7,13H2,1-2H3/t8-/m0/s1. The molecule has 0 bridgehead atoms. The van der Waals surface area contributed by atoms with E-state index in [1.54, 1.807) is 7.11 Å². The second-order valence-electron chi connectivity index (χ2n) is 3.87. The van der Waals surface area contributed by atoms with Crippen LogP contribution in [0.1, 0.15) is 30.2 Å². The van der Waals surface area contributed by atoms with E-state index >= 15 is 0 Å². The van der Waals surface area contributed by atoms with E-state index in [1.165, 1.54) is 0 Å². The first kappa shape index (κ1) is 11.6. The van der Waals surface area contributed by atoms with Crippen molar-refractivity contribution in [2.45, 2.75) is 19.4 Å². The maximum absolute atomic E-state index is 5.65. The summed E-state index contributed by atoms with van der Waals surface area (Å²) < 4.78 is 10.2. The van der Waals surface area contributed by atoms with Crippen molar-refractivity contribution in [1.29, 1.82) is 0 Å². The Hall–Kier alpha value is -1.88. The Morgan fingerprint density at radius 1 is 1.47 bits per heavy atom. The Morgan fingerprint density at radius 3 is 2.94 bits per heavy atom. The molecule has 1 heterocycles. The SMILES string of the molecule is COc1cccc(Cc2noc([C@H](C)N)n2)c1. The van der Waals surface area contributed by atoms with Gasteiger partial charge in [0.1, 0.15) is 5.75 Å². The Morgan fingerprint density at radius 2 is 2.29 bits per heavy atom. The van der Waals surface area contributed by atoms with Crippen molar-refractivity contribution in [3.8, 4) is 5.75 Å². The van der Waals surface area contributed by atoms with Gasteiger partial charge in [-0.2, -0.15) is 4.98 Å². The highest BCUT2D eigenvalue weighted by Gasteiger charge is 2.10. The summed E-state index contributed by atoms with van der Waals surface area (Å²) in [5.41, 5.74) is 6.72. The molecule has 0 saturated heterocycles. The number of ether oxygens (including phenoxy) is 1. The minimum absolute atomic E-state index is 0.235. The first-order valence-corrected chi connectivity index (χ1v) is 5.40. The van der Waals surface area contributed by atoms with E-state index in [2.05, 4.69) is 10.1 Å². The molecule has 1 atom stereocenters. The Labute approximate surface area is 99.6 Å². The molecule has 0 saturated carbocycles. The third-order valence-electron chi connectivity index (χ3n) is 2.37. The van der Waals surface area contributed by atoms with E-state index < -0.39 is 0 Å². The molecule has 17 heavy (non-hydrogen) atoms. The molecule has 2 aromatic rings. The van der Waals surface area contributed by atoms with Gasteiger partial charge in [-0.1, -0.05) is 17.3 Å². The van der Waals surface area contributed by atoms with Crippen LogP contribution in [0.25, 0.3) is 0 Å². The van der Waals surface area contributed by atoms with Gasteiger partial charge in [0.2, 0.25) is 5.89 Å². The average Bonchev–Trinajstić information content (AvgIpc) is 2.78. The number of hydrogen-bond acceptors (Lipinski definition) is 5. The third kappa shape index (κ3) is 2.82. The highest BCUT2D eigenvalue weighted by molar-refractivity contribution is 5.30. The molecule has 0 fully saturated rings. The number of benzene rings is 1. The fourth-order valence-corrected chi connectivity index (χ4v) is 1.49. The van der Waals surface area contributed by atoms with Gasteiger partial charge in [-0.3, -0.25) is 0 Å². The largest absolute Gasteiger partial charge is 0.497 e. The molecule has 1 aromatic carbocycles. The average molecular weight is 233 g/mol. The highest BCUT2D eigenvalue weighted by atomic mass is 16.5. The molecule has 90 valence electrons. The second kappa shape index (κ2) is 4.97. The van der Waals surface area contributed by atoms with Gasteiger partial charge in [0.15, 0.2) is 5.82 Å². The molecule has 5 nitrogen and oxygen atoms in total. The van der Waals surface area contributed by atoms with Crippen LogP contribution in [-0.4, -0.2) is 17.3 Å². The normalized spacial score (nSPS) is 12.4. The van der Waals surface area contributed by atoms with Gasteiger partial charge in [-0.25, -0.2) is 0 Å². The van der Waals surface area contributed by atoms with Gasteiger partial charge in [0.05, 0.1) is 13.2 Å². The van der Waals surface area contributed by atoms with Crippen LogP contribution >= 0.6 is 0 Å². The first-order valence-electron chi connectivity index (χ1n) is 5.40. The highest BCUT2D eigenvalue weighted by Crippen LogP contribution is 2.15. The zero-order chi connectivity index (χ0) is 12.3. The second-order valence-corrected chi connectivity index (χ2v) is 3.87. The van der Waals surface area contributed by atoms with Gasteiger partial charge >= 0.3 is 0 Å². The van der Waals surface area contributed by atoms with E-state index in [1.807, 2.05) is 31.2 Å². The lowest BCUT2D eigenvalue weighted by Crippen LogP contribution is -2.05. The quantitative estimate of drug-likeness (QED) is 0.869. The Bertz CT molecular complexity index is 494. The summed E-state index contributed by atoms with van der Waals surface area (Å²) in [6, 6.07) is 7.53. The molecular formula is C12H15N3O2. The van der Waals surface area contributed by atoms with E-state index in [0.717, 1.165) is 11.3 Å². The summed E-state index contributed by atoms with van der Waals surface area (Å²) in [6.07, 6.45) is 0.605. The van der Waals surface area contributed by atoms with Crippen molar-refractivity contribution >= 4 is 0 Å². The van der Waals surface area contributed by atoms with E-state index in [0.29, 0.717) is 18.1 Å². The lowest BCUT2D eigenvalue weighted by Gasteiger charge is -2.01. The van der Waals surface area contributed by atoms with Crippen LogP contribution < -0.4 is 10.5 Å². The van der Waals surface area contributed by atoms with Crippen molar-refractivity contribution in [2.75, 3.05) is 7.11 Å². The monoisotopic (exact) mass is 233 g/mol. The topological polar surface area (TPSA) is 74.2 Å². The molecule has 0 aliphatic rings. The predicted molar refractivity (Wildman–Crippen MR) is 62.7 cm³/mol. The molecule has 0 unspecified atom stereocenters. The smallest absolute Gasteiger partial charge is 0.243 e. The van der Waals surface area contributed by atoms with Gasteiger partial charge in [0, 0.05) is 6.42 Å². The van der Waals surface area contributed by atoms with Crippen LogP contribution in [0.5, 0.6) is 5.75 Å². The van der Waals surface area contributed by atoms with Crippen LogP contribution in [0.4, 0.5) is 0 Å².